The van der Waals surface area contributed by atoms with Crippen LogP contribution in [0.15, 0.2) is 83.5 Å². The van der Waals surface area contributed by atoms with Crippen molar-refractivity contribution in [2.24, 2.45) is 0 Å². The van der Waals surface area contributed by atoms with Gasteiger partial charge in [0.2, 0.25) is 0 Å². The number of pyridine rings is 1. The Labute approximate surface area is 170 Å². The fourth-order valence-corrected chi connectivity index (χ4v) is 3.47. The summed E-state index contributed by atoms with van der Waals surface area (Å²) in [6, 6.07) is 23.4. The van der Waals surface area contributed by atoms with Crippen molar-refractivity contribution in [2.75, 3.05) is 20.6 Å². The van der Waals surface area contributed by atoms with E-state index in [0.717, 1.165) is 16.5 Å². The first-order chi connectivity index (χ1) is 14.1. The van der Waals surface area contributed by atoms with Gasteiger partial charge in [0, 0.05) is 11.9 Å². The van der Waals surface area contributed by atoms with E-state index < -0.39 is 0 Å². The summed E-state index contributed by atoms with van der Waals surface area (Å²) in [6.45, 7) is 0.503. The van der Waals surface area contributed by atoms with Gasteiger partial charge < -0.3 is 14.6 Å². The lowest BCUT2D eigenvalue weighted by Gasteiger charge is -2.25. The quantitative estimate of drug-likeness (QED) is 0.530. The van der Waals surface area contributed by atoms with Gasteiger partial charge in [-0.15, -0.1) is 0 Å². The highest BCUT2D eigenvalue weighted by molar-refractivity contribution is 6.07. The summed E-state index contributed by atoms with van der Waals surface area (Å²) in [5.41, 5.74) is 3.16. The lowest BCUT2D eigenvalue weighted by Crippen LogP contribution is -2.34. The summed E-state index contributed by atoms with van der Waals surface area (Å²) >= 11 is 0. The van der Waals surface area contributed by atoms with Gasteiger partial charge >= 0.3 is 0 Å². The summed E-state index contributed by atoms with van der Waals surface area (Å²) in [4.78, 5) is 19.9. The van der Waals surface area contributed by atoms with Crippen molar-refractivity contribution in [3.8, 4) is 11.5 Å². The Morgan fingerprint density at radius 3 is 2.52 bits per heavy atom. The van der Waals surface area contributed by atoms with Gasteiger partial charge in [-0.2, -0.15) is 0 Å². The molecule has 4 aromatic rings. The van der Waals surface area contributed by atoms with Gasteiger partial charge in [0.1, 0.15) is 5.69 Å². The first-order valence-corrected chi connectivity index (χ1v) is 9.56. The van der Waals surface area contributed by atoms with Crippen molar-refractivity contribution in [1.29, 1.82) is 0 Å². The van der Waals surface area contributed by atoms with Crippen molar-refractivity contribution in [2.45, 2.75) is 6.04 Å². The molecule has 0 saturated heterocycles. The number of benzene rings is 2. The molecule has 0 saturated carbocycles. The van der Waals surface area contributed by atoms with Gasteiger partial charge in [0.05, 0.1) is 23.4 Å². The molecule has 0 fully saturated rings. The van der Waals surface area contributed by atoms with Crippen LogP contribution in [0.25, 0.3) is 22.4 Å². The number of carbonyl (C=O) groups excluding carboxylic acids is 1. The number of furan rings is 1. The number of aromatic nitrogens is 1. The Balaban J connectivity index is 1.64. The van der Waals surface area contributed by atoms with Gasteiger partial charge in [-0.1, -0.05) is 48.5 Å². The van der Waals surface area contributed by atoms with Crippen LogP contribution in [0.5, 0.6) is 0 Å². The number of hydrogen-bond acceptors (Lipinski definition) is 4. The van der Waals surface area contributed by atoms with Gasteiger partial charge in [0.25, 0.3) is 5.91 Å². The molecule has 0 aliphatic heterocycles. The van der Waals surface area contributed by atoms with Gasteiger partial charge in [0.15, 0.2) is 5.76 Å². The Kier molecular flexibility index (Phi) is 5.40. The molecule has 4 rings (SSSR count). The lowest BCUT2D eigenvalue weighted by atomic mass is 10.0. The Morgan fingerprint density at radius 1 is 1.03 bits per heavy atom. The van der Waals surface area contributed by atoms with Crippen molar-refractivity contribution < 1.29 is 9.21 Å². The number of hydrogen-bond donors (Lipinski definition) is 1. The van der Waals surface area contributed by atoms with Crippen LogP contribution in [0.1, 0.15) is 22.0 Å². The Morgan fingerprint density at radius 2 is 1.79 bits per heavy atom. The number of carbonyl (C=O) groups is 1. The minimum Gasteiger partial charge on any atom is -0.463 e. The number of nitrogens with zero attached hydrogens (tertiary/aromatic N) is 2. The summed E-state index contributed by atoms with van der Waals surface area (Å²) in [7, 11) is 4.03. The number of nitrogens with one attached hydrogen (secondary N) is 1. The molecule has 1 atom stereocenters. The van der Waals surface area contributed by atoms with Crippen LogP contribution in [-0.4, -0.2) is 36.4 Å². The maximum atomic E-state index is 13.2. The third kappa shape index (κ3) is 4.05. The summed E-state index contributed by atoms with van der Waals surface area (Å²) in [5.74, 6) is 0.513. The number of fused-ring (bicyclic) bond motifs is 1. The van der Waals surface area contributed by atoms with Crippen LogP contribution in [0.2, 0.25) is 0 Å². The molecule has 1 N–H and O–H groups in total. The molecule has 1 amide bonds. The lowest BCUT2D eigenvalue weighted by molar-refractivity contribution is 0.0943. The van der Waals surface area contributed by atoms with E-state index >= 15 is 0 Å². The highest BCUT2D eigenvalue weighted by Gasteiger charge is 2.18. The van der Waals surface area contributed by atoms with E-state index in [9.17, 15) is 4.79 Å². The molecule has 0 aliphatic rings. The zero-order valence-corrected chi connectivity index (χ0v) is 16.5. The normalized spacial score (nSPS) is 12.2. The second-order valence-corrected chi connectivity index (χ2v) is 7.15. The maximum Gasteiger partial charge on any atom is 0.252 e. The minimum atomic E-state index is -0.126. The molecule has 146 valence electrons. The fourth-order valence-electron chi connectivity index (χ4n) is 3.47. The van der Waals surface area contributed by atoms with Crippen molar-refractivity contribution in [3.05, 3.63) is 90.2 Å². The average Bonchev–Trinajstić information content (AvgIpc) is 3.28. The average molecular weight is 385 g/mol. The number of para-hydroxylation sites is 1. The molecule has 0 radical (unpaired) electrons. The number of amides is 1. The molecule has 0 spiro atoms. The molecule has 2 heterocycles. The van der Waals surface area contributed by atoms with Crippen LogP contribution in [0, 0.1) is 0 Å². The molecule has 0 unspecified atom stereocenters. The van der Waals surface area contributed by atoms with E-state index in [4.69, 9.17) is 4.42 Å². The van der Waals surface area contributed by atoms with Crippen molar-refractivity contribution in [1.82, 2.24) is 15.2 Å². The van der Waals surface area contributed by atoms with E-state index in [-0.39, 0.29) is 11.9 Å². The largest absolute Gasteiger partial charge is 0.463 e. The molecule has 0 aliphatic carbocycles. The predicted octanol–water partition coefficient (Wildman–Crippen LogP) is 4.53. The van der Waals surface area contributed by atoms with Crippen LogP contribution in [0.3, 0.4) is 0 Å². The molecule has 5 heteroatoms. The molecule has 2 aromatic heterocycles. The van der Waals surface area contributed by atoms with E-state index in [1.165, 1.54) is 0 Å². The van der Waals surface area contributed by atoms with Crippen molar-refractivity contribution in [3.63, 3.8) is 0 Å². The molecule has 2 aromatic carbocycles. The molecular formula is C24H23N3O2. The van der Waals surface area contributed by atoms with Crippen LogP contribution in [-0.2, 0) is 0 Å². The number of likely N-dealkylation sites (N-methyl/N-ethyl adjacent to an activating group) is 1. The second kappa shape index (κ2) is 8.29. The Hall–Kier alpha value is -3.44. The topological polar surface area (TPSA) is 58.4 Å². The highest BCUT2D eigenvalue weighted by atomic mass is 16.3. The van der Waals surface area contributed by atoms with Crippen LogP contribution in [0.4, 0.5) is 0 Å². The maximum absolute atomic E-state index is 13.2. The summed E-state index contributed by atoms with van der Waals surface area (Å²) < 4.78 is 5.49. The SMILES string of the molecule is CN(C)[C@H](CNC(=O)c1cc(-c2ccco2)nc2ccccc12)c1ccccc1. The highest BCUT2D eigenvalue weighted by Crippen LogP contribution is 2.25. The first-order valence-electron chi connectivity index (χ1n) is 9.56. The molecular weight excluding hydrogens is 362 g/mol. The minimum absolute atomic E-state index is 0.0813. The first kappa shape index (κ1) is 18.9. The second-order valence-electron chi connectivity index (χ2n) is 7.15. The summed E-state index contributed by atoms with van der Waals surface area (Å²) in [6.07, 6.45) is 1.60. The van der Waals surface area contributed by atoms with E-state index in [1.807, 2.05) is 68.7 Å². The third-order valence-corrected chi connectivity index (χ3v) is 5.00. The van der Waals surface area contributed by atoms with Crippen molar-refractivity contribution >= 4 is 16.8 Å². The predicted molar refractivity (Wildman–Crippen MR) is 115 cm³/mol. The Bertz CT molecular complexity index is 1110. The van der Waals surface area contributed by atoms with Crippen LogP contribution >= 0.6 is 0 Å². The van der Waals surface area contributed by atoms with Crippen LogP contribution < -0.4 is 5.32 Å². The smallest absolute Gasteiger partial charge is 0.252 e. The van der Waals surface area contributed by atoms with Gasteiger partial charge in [-0.05, 0) is 43.9 Å². The number of rotatable bonds is 6. The molecule has 29 heavy (non-hydrogen) atoms. The van der Waals surface area contributed by atoms with E-state index in [1.54, 1.807) is 12.3 Å². The van der Waals surface area contributed by atoms with E-state index in [2.05, 4.69) is 27.3 Å². The monoisotopic (exact) mass is 385 g/mol. The summed E-state index contributed by atoms with van der Waals surface area (Å²) in [5, 5.41) is 3.93. The van der Waals surface area contributed by atoms with Gasteiger partial charge in [-0.3, -0.25) is 4.79 Å². The molecule has 5 nitrogen and oxygen atoms in total. The van der Waals surface area contributed by atoms with Gasteiger partial charge in [-0.25, -0.2) is 4.98 Å². The fraction of sp³-hybridized carbons (Fsp3) is 0.167. The third-order valence-electron chi connectivity index (χ3n) is 5.00. The van der Waals surface area contributed by atoms with E-state index in [0.29, 0.717) is 23.6 Å². The molecule has 0 bridgehead atoms. The standard InChI is InChI=1S/C24H23N3O2/c1-27(2)22(17-9-4-3-5-10-17)16-25-24(28)19-15-21(23-13-8-14-29-23)26-20-12-7-6-11-18(19)20/h3-15,22H,16H2,1-2H3,(H,25,28)/t22-/m1/s1. The zero-order chi connectivity index (χ0) is 20.2. The zero-order valence-electron chi connectivity index (χ0n) is 16.5.